The monoisotopic (exact) mass is 452 g/mol. The molecule has 31 heavy (non-hydrogen) atoms. The van der Waals surface area contributed by atoms with E-state index in [1.54, 1.807) is 24.3 Å². The summed E-state index contributed by atoms with van der Waals surface area (Å²) in [4.78, 5) is 14.0. The zero-order chi connectivity index (χ0) is 22.9. The quantitative estimate of drug-likeness (QED) is 0.337. The van der Waals surface area contributed by atoms with Gasteiger partial charge in [-0.1, -0.05) is 41.4 Å². The molecule has 0 spiro atoms. The van der Waals surface area contributed by atoms with Gasteiger partial charge in [0.05, 0.1) is 33.3 Å². The van der Waals surface area contributed by atoms with Crippen LogP contribution in [0, 0.1) is 17.0 Å². The summed E-state index contributed by atoms with van der Waals surface area (Å²) < 4.78 is 40.1. The van der Waals surface area contributed by atoms with Crippen LogP contribution in [0.2, 0.25) is 5.02 Å². The summed E-state index contributed by atoms with van der Waals surface area (Å²) >= 11 is 6.23. The predicted octanol–water partition coefficient (Wildman–Crippen LogP) is 4.40. The molecule has 0 atom stereocenters. The third-order valence-electron chi connectivity index (χ3n) is 4.39. The Morgan fingerprint density at radius 1 is 1.29 bits per heavy atom. The van der Waals surface area contributed by atoms with Crippen molar-refractivity contribution < 1.29 is 18.1 Å². The number of nitrogens with zero attached hydrogens (tertiary/aromatic N) is 4. The Bertz CT molecular complexity index is 1160. The van der Waals surface area contributed by atoms with Gasteiger partial charge in [-0.2, -0.15) is 13.2 Å². The number of aryl methyl sites for hydroxylation is 1. The molecule has 1 heterocycles. The maximum atomic E-state index is 13.0. The van der Waals surface area contributed by atoms with Crippen molar-refractivity contribution in [3.8, 4) is 5.69 Å². The van der Waals surface area contributed by atoms with Crippen LogP contribution in [0.15, 0.2) is 55.1 Å². The molecule has 4 N–H and O–H groups in total. The molecule has 0 saturated heterocycles. The molecular formula is C19H16ClF3N6O2. The number of rotatable bonds is 5. The van der Waals surface area contributed by atoms with E-state index >= 15 is 0 Å². The molecular weight excluding hydrogens is 437 g/mol. The number of hydrogen-bond donors (Lipinski definition) is 2. The first-order valence-corrected chi connectivity index (χ1v) is 9.04. The number of imidazole rings is 1. The van der Waals surface area contributed by atoms with Crippen molar-refractivity contribution in [1.29, 1.82) is 0 Å². The molecule has 8 nitrogen and oxygen atoms in total. The molecule has 12 heteroatoms. The zero-order valence-electron chi connectivity index (χ0n) is 16.0. The van der Waals surface area contributed by atoms with Crippen LogP contribution in [0.25, 0.3) is 11.4 Å². The van der Waals surface area contributed by atoms with E-state index in [9.17, 15) is 23.3 Å². The molecule has 2 aromatic carbocycles. The number of hydrogen-bond acceptors (Lipinski definition) is 6. The third-order valence-corrected chi connectivity index (χ3v) is 4.68. The number of nitro benzene ring substituents is 1. The molecule has 162 valence electrons. The van der Waals surface area contributed by atoms with E-state index in [0.29, 0.717) is 11.8 Å². The lowest BCUT2D eigenvalue weighted by molar-refractivity contribution is -0.384. The van der Waals surface area contributed by atoms with E-state index in [-0.39, 0.29) is 22.1 Å². The Kier molecular flexibility index (Phi) is 5.91. The van der Waals surface area contributed by atoms with Crippen LogP contribution in [0.5, 0.6) is 0 Å². The Labute approximate surface area is 179 Å². The molecule has 3 aromatic rings. The van der Waals surface area contributed by atoms with E-state index in [1.165, 1.54) is 6.20 Å². The van der Waals surface area contributed by atoms with Gasteiger partial charge in [0.15, 0.2) is 5.69 Å². The fraction of sp³-hybridized carbons (Fsp3) is 0.105. The highest BCUT2D eigenvalue weighted by Crippen LogP contribution is 2.38. The van der Waals surface area contributed by atoms with Gasteiger partial charge in [-0.05, 0) is 6.92 Å². The van der Waals surface area contributed by atoms with Crippen LogP contribution >= 0.6 is 11.6 Å². The molecule has 0 aliphatic heterocycles. The number of benzene rings is 2. The van der Waals surface area contributed by atoms with E-state index in [2.05, 4.69) is 4.98 Å². The van der Waals surface area contributed by atoms with Gasteiger partial charge >= 0.3 is 6.18 Å². The van der Waals surface area contributed by atoms with Crippen LogP contribution in [0.1, 0.15) is 16.8 Å². The predicted molar refractivity (Wildman–Crippen MR) is 110 cm³/mol. The maximum Gasteiger partial charge on any atom is 0.434 e. The number of non-ortho nitro benzene ring substituents is 1. The normalized spacial score (nSPS) is 12.1. The average molecular weight is 453 g/mol. The summed E-state index contributed by atoms with van der Waals surface area (Å²) in [7, 11) is 0. The van der Waals surface area contributed by atoms with Gasteiger partial charge in [-0.3, -0.25) is 15.1 Å². The minimum atomic E-state index is -4.69. The van der Waals surface area contributed by atoms with Crippen molar-refractivity contribution in [1.82, 2.24) is 9.55 Å². The van der Waals surface area contributed by atoms with Gasteiger partial charge in [0.1, 0.15) is 0 Å². The summed E-state index contributed by atoms with van der Waals surface area (Å²) in [6.45, 7) is 1.88. The third kappa shape index (κ3) is 4.47. The molecule has 0 fully saturated rings. The van der Waals surface area contributed by atoms with Gasteiger partial charge in [-0.25, -0.2) is 10.8 Å². The molecule has 0 aliphatic carbocycles. The molecule has 3 rings (SSSR count). The largest absolute Gasteiger partial charge is 0.434 e. The number of aromatic nitrogens is 2. The van der Waals surface area contributed by atoms with Crippen molar-refractivity contribution in [2.45, 2.75) is 13.1 Å². The molecule has 0 radical (unpaired) electrons. The Balaban J connectivity index is 2.20. The van der Waals surface area contributed by atoms with Gasteiger partial charge in [0.2, 0.25) is 0 Å². The fourth-order valence-electron chi connectivity index (χ4n) is 2.88. The van der Waals surface area contributed by atoms with Gasteiger partial charge in [-0.15, -0.1) is 0 Å². The van der Waals surface area contributed by atoms with Crippen molar-refractivity contribution in [2.75, 3.05) is 5.01 Å². The highest BCUT2D eigenvalue weighted by atomic mass is 35.5. The zero-order valence-corrected chi connectivity index (χ0v) is 16.7. The number of anilines is 1. The van der Waals surface area contributed by atoms with Crippen LogP contribution in [-0.2, 0) is 6.18 Å². The van der Waals surface area contributed by atoms with E-state index in [0.717, 1.165) is 33.6 Å². The van der Waals surface area contributed by atoms with Crippen molar-refractivity contribution in [2.24, 2.45) is 11.6 Å². The lowest BCUT2D eigenvalue weighted by Gasteiger charge is -2.25. The van der Waals surface area contributed by atoms with Crippen LogP contribution < -0.4 is 16.6 Å². The molecule has 0 aliphatic rings. The summed E-state index contributed by atoms with van der Waals surface area (Å²) in [6, 6.07) is 9.17. The topological polar surface area (TPSA) is 116 Å². The van der Waals surface area contributed by atoms with Crippen LogP contribution in [0.3, 0.4) is 0 Å². The summed E-state index contributed by atoms with van der Waals surface area (Å²) in [5.41, 5.74) is 5.88. The van der Waals surface area contributed by atoms with E-state index in [4.69, 9.17) is 23.2 Å². The molecule has 0 saturated carbocycles. The minimum Gasteiger partial charge on any atom is -0.403 e. The number of nitro groups is 1. The summed E-state index contributed by atoms with van der Waals surface area (Å²) in [5, 5.41) is 12.2. The van der Waals surface area contributed by atoms with Crippen molar-refractivity contribution in [3.05, 3.63) is 87.1 Å². The molecule has 0 bridgehead atoms. The van der Waals surface area contributed by atoms with Crippen molar-refractivity contribution >= 4 is 28.7 Å². The first kappa shape index (κ1) is 22.1. The van der Waals surface area contributed by atoms with Gasteiger partial charge < -0.3 is 10.3 Å². The van der Waals surface area contributed by atoms with Gasteiger partial charge in [0, 0.05) is 30.1 Å². The Morgan fingerprint density at radius 2 is 1.94 bits per heavy atom. The Hall–Kier alpha value is -3.57. The number of nitrogens with two attached hydrogens (primary N) is 2. The first-order valence-electron chi connectivity index (χ1n) is 8.66. The number of halogens is 4. The fourth-order valence-corrected chi connectivity index (χ4v) is 3.18. The smallest absolute Gasteiger partial charge is 0.403 e. The second kappa shape index (κ2) is 8.28. The van der Waals surface area contributed by atoms with E-state index < -0.39 is 22.5 Å². The lowest BCUT2D eigenvalue weighted by Crippen LogP contribution is -2.31. The first-order chi connectivity index (χ1) is 14.5. The Morgan fingerprint density at radius 3 is 2.45 bits per heavy atom. The highest BCUT2D eigenvalue weighted by molar-refractivity contribution is 6.33. The second-order valence-electron chi connectivity index (χ2n) is 6.50. The highest BCUT2D eigenvalue weighted by Gasteiger charge is 2.34. The summed E-state index contributed by atoms with van der Waals surface area (Å²) in [5.74, 6) is 6.24. The van der Waals surface area contributed by atoms with Crippen LogP contribution in [-0.4, -0.2) is 14.5 Å². The molecule has 0 amide bonds. The van der Waals surface area contributed by atoms with Gasteiger partial charge in [0.25, 0.3) is 5.69 Å². The van der Waals surface area contributed by atoms with Crippen molar-refractivity contribution in [3.63, 3.8) is 0 Å². The number of hydrazine groups is 1. The number of alkyl halides is 3. The SMILES string of the molecule is Cc1ccc(/C(=C/N)N(N)c2cc([N+](=O)[O-])cc(Cl)c2-n2cnc(C(F)(F)F)c2)cc1. The maximum absolute atomic E-state index is 13.0. The van der Waals surface area contributed by atoms with E-state index in [1.807, 2.05) is 6.92 Å². The molecule has 0 unspecified atom stereocenters. The minimum absolute atomic E-state index is 0.0378. The summed E-state index contributed by atoms with van der Waals surface area (Å²) in [6.07, 6.45) is -1.91. The van der Waals surface area contributed by atoms with Crippen LogP contribution in [0.4, 0.5) is 24.5 Å². The lowest BCUT2D eigenvalue weighted by atomic mass is 10.1. The molecule has 1 aromatic heterocycles. The average Bonchev–Trinajstić information content (AvgIpc) is 3.19. The second-order valence-corrected chi connectivity index (χ2v) is 6.91. The standard InChI is InChI=1S/C19H16ClF3N6O2/c1-11-2-4-12(5-3-11)16(8-24)28(25)15-7-13(29(30)31)6-14(20)18(15)27-9-17(26-10-27)19(21,22)23/h2-10H,24-25H2,1H3/b16-8-.